The molecule has 138 valence electrons. The highest BCUT2D eigenvalue weighted by molar-refractivity contribution is 6.10. The van der Waals surface area contributed by atoms with Crippen LogP contribution in [0.3, 0.4) is 0 Å². The molecule has 28 heavy (non-hydrogen) atoms. The summed E-state index contributed by atoms with van der Waals surface area (Å²) in [7, 11) is 0. The van der Waals surface area contributed by atoms with Crippen molar-refractivity contribution in [3.8, 4) is 11.5 Å². The zero-order chi connectivity index (χ0) is 19.1. The first kappa shape index (κ1) is 16.4. The number of anilines is 1. The maximum Gasteiger partial charge on any atom is 0.261 e. The van der Waals surface area contributed by atoms with Crippen LogP contribution in [0.5, 0.6) is 11.5 Å². The second kappa shape index (κ2) is 6.42. The van der Waals surface area contributed by atoms with Crippen LogP contribution in [0, 0.1) is 5.41 Å². The van der Waals surface area contributed by atoms with Crippen LogP contribution < -0.4 is 20.3 Å². The van der Waals surface area contributed by atoms with Gasteiger partial charge in [-0.25, -0.2) is 0 Å². The Morgan fingerprint density at radius 3 is 2.61 bits per heavy atom. The van der Waals surface area contributed by atoms with Gasteiger partial charge >= 0.3 is 0 Å². The number of benzene rings is 3. The van der Waals surface area contributed by atoms with Gasteiger partial charge in [0.1, 0.15) is 24.4 Å². The molecule has 0 aliphatic carbocycles. The van der Waals surface area contributed by atoms with Gasteiger partial charge < -0.3 is 19.2 Å². The molecule has 0 atom stereocenters. The lowest BCUT2D eigenvalue weighted by atomic mass is 10.0. The van der Waals surface area contributed by atoms with Gasteiger partial charge in [-0.15, -0.1) is 0 Å². The molecule has 2 heterocycles. The van der Waals surface area contributed by atoms with E-state index >= 15 is 0 Å². The fourth-order valence-corrected chi connectivity index (χ4v) is 3.38. The first-order valence-corrected chi connectivity index (χ1v) is 8.90. The van der Waals surface area contributed by atoms with E-state index in [1.807, 2.05) is 36.4 Å². The summed E-state index contributed by atoms with van der Waals surface area (Å²) in [6.07, 6.45) is 0. The molecular formula is C22H16N2O4. The van der Waals surface area contributed by atoms with Crippen molar-refractivity contribution in [1.29, 1.82) is 5.41 Å². The van der Waals surface area contributed by atoms with E-state index in [-0.39, 0.29) is 11.1 Å². The van der Waals surface area contributed by atoms with Gasteiger partial charge in [-0.2, -0.15) is 0 Å². The van der Waals surface area contributed by atoms with Crippen LogP contribution in [-0.4, -0.2) is 19.1 Å². The minimum atomic E-state index is -0.416. The summed E-state index contributed by atoms with van der Waals surface area (Å²) in [4.78, 5) is 12.8. The van der Waals surface area contributed by atoms with Gasteiger partial charge in [0.15, 0.2) is 11.5 Å². The van der Waals surface area contributed by atoms with Crippen LogP contribution in [0.15, 0.2) is 65.1 Å². The monoisotopic (exact) mass is 372 g/mol. The van der Waals surface area contributed by atoms with Gasteiger partial charge in [-0.3, -0.25) is 10.2 Å². The van der Waals surface area contributed by atoms with Gasteiger partial charge in [0, 0.05) is 17.1 Å². The molecule has 1 aliphatic rings. The Bertz CT molecular complexity index is 1290. The number of carbonyl (C=O) groups is 1. The largest absolute Gasteiger partial charge is 0.486 e. The topological polar surface area (TPSA) is 84.6 Å². The molecule has 0 saturated carbocycles. The van der Waals surface area contributed by atoms with Crippen molar-refractivity contribution in [2.45, 2.75) is 0 Å². The SMILES string of the molecule is N=c1oc2ccc3ccccc3c2cc1C(=O)Nc1ccc2c(c1)OCCO2. The molecular weight excluding hydrogens is 356 g/mol. The van der Waals surface area contributed by atoms with Gasteiger partial charge in [-0.05, 0) is 35.0 Å². The molecule has 1 aromatic heterocycles. The van der Waals surface area contributed by atoms with Gasteiger partial charge in [0.05, 0.1) is 0 Å². The molecule has 4 aromatic rings. The molecule has 1 amide bonds. The summed E-state index contributed by atoms with van der Waals surface area (Å²) < 4.78 is 16.7. The number of fused-ring (bicyclic) bond motifs is 4. The average molecular weight is 372 g/mol. The Morgan fingerprint density at radius 2 is 1.71 bits per heavy atom. The van der Waals surface area contributed by atoms with Crippen molar-refractivity contribution < 1.29 is 18.7 Å². The lowest BCUT2D eigenvalue weighted by molar-refractivity contribution is 0.102. The molecule has 0 saturated heterocycles. The Balaban J connectivity index is 1.54. The molecule has 5 rings (SSSR count). The van der Waals surface area contributed by atoms with Crippen LogP contribution in [-0.2, 0) is 0 Å². The summed E-state index contributed by atoms with van der Waals surface area (Å²) in [6.45, 7) is 0.978. The maximum absolute atomic E-state index is 12.8. The maximum atomic E-state index is 12.8. The zero-order valence-electron chi connectivity index (χ0n) is 14.8. The van der Waals surface area contributed by atoms with Crippen molar-refractivity contribution in [2.75, 3.05) is 18.5 Å². The van der Waals surface area contributed by atoms with E-state index < -0.39 is 5.91 Å². The molecule has 3 aromatic carbocycles. The molecule has 1 aliphatic heterocycles. The van der Waals surface area contributed by atoms with E-state index in [1.165, 1.54) is 0 Å². The number of ether oxygens (including phenoxy) is 2. The molecule has 0 spiro atoms. The highest BCUT2D eigenvalue weighted by atomic mass is 16.6. The van der Waals surface area contributed by atoms with E-state index in [0.29, 0.717) is 36.0 Å². The summed E-state index contributed by atoms with van der Waals surface area (Å²) >= 11 is 0. The quantitative estimate of drug-likeness (QED) is 0.519. The Morgan fingerprint density at radius 1 is 0.893 bits per heavy atom. The number of nitrogens with one attached hydrogen (secondary N) is 2. The highest BCUT2D eigenvalue weighted by Gasteiger charge is 2.16. The second-order valence-electron chi connectivity index (χ2n) is 6.50. The molecule has 2 N–H and O–H groups in total. The molecule has 0 fully saturated rings. The third kappa shape index (κ3) is 2.75. The summed E-state index contributed by atoms with van der Waals surface area (Å²) in [5, 5.41) is 13.7. The zero-order valence-corrected chi connectivity index (χ0v) is 14.8. The molecule has 6 heteroatoms. The number of hydrogen-bond donors (Lipinski definition) is 2. The van der Waals surface area contributed by atoms with Crippen LogP contribution in [0.2, 0.25) is 0 Å². The Labute approximate surface area is 159 Å². The van der Waals surface area contributed by atoms with Crippen LogP contribution >= 0.6 is 0 Å². The molecule has 0 bridgehead atoms. The minimum absolute atomic E-state index is 0.166. The number of amides is 1. The van der Waals surface area contributed by atoms with E-state index in [1.54, 1.807) is 24.3 Å². The van der Waals surface area contributed by atoms with Crippen LogP contribution in [0.25, 0.3) is 21.7 Å². The highest BCUT2D eigenvalue weighted by Crippen LogP contribution is 2.32. The Hall–Kier alpha value is -3.80. The number of carbonyl (C=O) groups excluding carboxylic acids is 1. The normalized spacial score (nSPS) is 12.9. The van der Waals surface area contributed by atoms with Gasteiger partial charge in [0.2, 0.25) is 5.55 Å². The van der Waals surface area contributed by atoms with Crippen LogP contribution in [0.1, 0.15) is 10.4 Å². The second-order valence-corrected chi connectivity index (χ2v) is 6.50. The summed E-state index contributed by atoms with van der Waals surface area (Å²) in [6, 6.07) is 18.5. The average Bonchev–Trinajstić information content (AvgIpc) is 2.73. The van der Waals surface area contributed by atoms with Gasteiger partial charge in [-0.1, -0.05) is 30.3 Å². The van der Waals surface area contributed by atoms with E-state index in [0.717, 1.165) is 16.2 Å². The van der Waals surface area contributed by atoms with Crippen molar-refractivity contribution in [1.82, 2.24) is 0 Å². The van der Waals surface area contributed by atoms with Crippen molar-refractivity contribution in [3.05, 3.63) is 71.8 Å². The van der Waals surface area contributed by atoms with Gasteiger partial charge in [0.25, 0.3) is 5.91 Å². The summed E-state index contributed by atoms with van der Waals surface area (Å²) in [5.74, 6) is 0.821. The van der Waals surface area contributed by atoms with E-state index in [9.17, 15) is 4.79 Å². The standard InChI is InChI=1S/C22H16N2O4/c23-21-17(12-16-15-4-2-1-3-13(15)5-7-18(16)28-21)22(25)24-14-6-8-19-20(11-14)27-10-9-26-19/h1-8,11-12,23H,9-10H2,(H,24,25). The predicted octanol–water partition coefficient (Wildman–Crippen LogP) is 4.09. The van der Waals surface area contributed by atoms with Crippen molar-refractivity contribution in [3.63, 3.8) is 0 Å². The number of rotatable bonds is 2. The first-order chi connectivity index (χ1) is 13.7. The van der Waals surface area contributed by atoms with E-state index in [2.05, 4.69) is 5.32 Å². The fourth-order valence-electron chi connectivity index (χ4n) is 3.38. The first-order valence-electron chi connectivity index (χ1n) is 8.90. The van der Waals surface area contributed by atoms with Crippen molar-refractivity contribution in [2.24, 2.45) is 0 Å². The lowest BCUT2D eigenvalue weighted by Crippen LogP contribution is -2.21. The minimum Gasteiger partial charge on any atom is -0.486 e. The molecule has 0 unspecified atom stereocenters. The fraction of sp³-hybridized carbons (Fsp3) is 0.0909. The predicted molar refractivity (Wildman–Crippen MR) is 105 cm³/mol. The third-order valence-electron chi connectivity index (χ3n) is 4.72. The van der Waals surface area contributed by atoms with Crippen molar-refractivity contribution >= 4 is 33.3 Å². The third-order valence-corrected chi connectivity index (χ3v) is 4.72. The number of hydrogen-bond acceptors (Lipinski definition) is 5. The summed E-state index contributed by atoms with van der Waals surface area (Å²) in [5.41, 5.74) is 1.11. The molecule has 6 nitrogen and oxygen atoms in total. The Kier molecular flexibility index (Phi) is 3.76. The lowest BCUT2D eigenvalue weighted by Gasteiger charge is -2.19. The van der Waals surface area contributed by atoms with Crippen LogP contribution in [0.4, 0.5) is 5.69 Å². The van der Waals surface area contributed by atoms with E-state index in [4.69, 9.17) is 19.3 Å². The molecule has 0 radical (unpaired) electrons. The smallest absolute Gasteiger partial charge is 0.261 e.